The molecular formula is C16H22OTe. The van der Waals surface area contributed by atoms with Crippen molar-refractivity contribution in [1.29, 1.82) is 0 Å². The summed E-state index contributed by atoms with van der Waals surface area (Å²) in [6.07, 6.45) is 7.29. The molecule has 0 aliphatic rings. The number of Topliss-reactive ketones (excluding diaryl/α,β-unsaturated/α-hetero) is 1. The Kier molecular flexibility index (Phi) is 8.05. The Bertz CT molecular complexity index is 381. The van der Waals surface area contributed by atoms with Crippen LogP contribution in [0.2, 0.25) is 0 Å². The molecule has 0 fully saturated rings. The van der Waals surface area contributed by atoms with E-state index in [0.29, 0.717) is 12.2 Å². The standard InChI is InChI=1S/C16H22OTe/c1-3-5-7-13-16(15(17)10-4-2)18-14-11-8-6-9-12-14/h6,8-9,11-13H,3-5,7,10H2,1-2H3/b16-13-. The van der Waals surface area contributed by atoms with Gasteiger partial charge in [-0.1, -0.05) is 0 Å². The third kappa shape index (κ3) is 5.85. The molecule has 0 unspecified atom stereocenters. The van der Waals surface area contributed by atoms with Gasteiger partial charge in [-0.3, -0.25) is 0 Å². The van der Waals surface area contributed by atoms with Gasteiger partial charge in [0, 0.05) is 0 Å². The molecule has 1 nitrogen and oxygen atoms in total. The molecule has 1 aromatic carbocycles. The van der Waals surface area contributed by atoms with E-state index < -0.39 is 20.9 Å². The molecule has 0 aliphatic heterocycles. The zero-order chi connectivity index (χ0) is 13.2. The van der Waals surface area contributed by atoms with Gasteiger partial charge in [0.05, 0.1) is 0 Å². The minimum atomic E-state index is -0.494. The predicted octanol–water partition coefficient (Wildman–Crippen LogP) is 3.46. The second kappa shape index (κ2) is 9.36. The fourth-order valence-electron chi connectivity index (χ4n) is 1.62. The van der Waals surface area contributed by atoms with Gasteiger partial charge in [-0.25, -0.2) is 0 Å². The van der Waals surface area contributed by atoms with Crippen LogP contribution in [0.1, 0.15) is 46.0 Å². The molecule has 0 saturated carbocycles. The van der Waals surface area contributed by atoms with E-state index in [1.807, 2.05) is 6.07 Å². The van der Waals surface area contributed by atoms with E-state index in [1.165, 1.54) is 16.5 Å². The summed E-state index contributed by atoms with van der Waals surface area (Å²) in [5.41, 5.74) is 0. The number of benzene rings is 1. The van der Waals surface area contributed by atoms with Gasteiger partial charge in [-0.15, -0.1) is 0 Å². The zero-order valence-electron chi connectivity index (χ0n) is 11.3. The van der Waals surface area contributed by atoms with Gasteiger partial charge in [0.2, 0.25) is 0 Å². The van der Waals surface area contributed by atoms with Gasteiger partial charge in [-0.2, -0.15) is 0 Å². The van der Waals surface area contributed by atoms with Crippen LogP contribution in [-0.2, 0) is 4.79 Å². The molecule has 0 aliphatic carbocycles. The van der Waals surface area contributed by atoms with Gasteiger partial charge < -0.3 is 0 Å². The first-order valence-electron chi connectivity index (χ1n) is 6.74. The fourth-order valence-corrected chi connectivity index (χ4v) is 4.37. The number of unbranched alkanes of at least 4 members (excludes halogenated alkanes) is 2. The monoisotopic (exact) mass is 360 g/mol. The Hall–Kier alpha value is -0.580. The van der Waals surface area contributed by atoms with E-state index in [2.05, 4.69) is 44.2 Å². The van der Waals surface area contributed by atoms with Crippen molar-refractivity contribution in [3.63, 3.8) is 0 Å². The van der Waals surface area contributed by atoms with Crippen LogP contribution in [-0.4, -0.2) is 26.7 Å². The number of rotatable bonds is 8. The maximum absolute atomic E-state index is 12.1. The van der Waals surface area contributed by atoms with Crippen molar-refractivity contribution in [2.45, 2.75) is 46.0 Å². The van der Waals surface area contributed by atoms with Crippen molar-refractivity contribution in [2.75, 3.05) is 0 Å². The van der Waals surface area contributed by atoms with Gasteiger partial charge in [0.25, 0.3) is 0 Å². The SMILES string of the molecule is CCCC/C=C(\[Te]c1ccccc1)C(=O)CCC. The quantitative estimate of drug-likeness (QED) is 0.395. The zero-order valence-corrected chi connectivity index (χ0v) is 13.6. The first-order chi connectivity index (χ1) is 8.77. The summed E-state index contributed by atoms with van der Waals surface area (Å²) in [6, 6.07) is 10.5. The van der Waals surface area contributed by atoms with Gasteiger partial charge in [-0.05, 0) is 0 Å². The molecule has 0 atom stereocenters. The summed E-state index contributed by atoms with van der Waals surface area (Å²) >= 11 is -0.494. The van der Waals surface area contributed by atoms with E-state index in [1.54, 1.807) is 0 Å². The van der Waals surface area contributed by atoms with Crippen LogP contribution in [0.25, 0.3) is 0 Å². The van der Waals surface area contributed by atoms with E-state index in [0.717, 1.165) is 16.5 Å². The Labute approximate surface area is 121 Å². The Balaban J connectivity index is 2.71. The number of hydrogen-bond donors (Lipinski definition) is 0. The van der Waals surface area contributed by atoms with Crippen molar-refractivity contribution in [1.82, 2.24) is 0 Å². The fraction of sp³-hybridized carbons (Fsp3) is 0.438. The van der Waals surface area contributed by atoms with Crippen LogP contribution >= 0.6 is 0 Å². The molecule has 0 heterocycles. The molecule has 98 valence electrons. The molecular weight excluding hydrogens is 336 g/mol. The number of carbonyl (C=O) groups is 1. The van der Waals surface area contributed by atoms with Crippen molar-refractivity contribution in [3.05, 3.63) is 40.0 Å². The molecule has 1 rings (SSSR count). The average molecular weight is 358 g/mol. The van der Waals surface area contributed by atoms with E-state index in [9.17, 15) is 4.79 Å². The summed E-state index contributed by atoms with van der Waals surface area (Å²) in [5.74, 6) is 0.375. The van der Waals surface area contributed by atoms with Gasteiger partial charge in [0.1, 0.15) is 0 Å². The Morgan fingerprint density at radius 3 is 2.50 bits per heavy atom. The first-order valence-corrected chi connectivity index (χ1v) is 9.07. The van der Waals surface area contributed by atoms with Crippen LogP contribution < -0.4 is 3.61 Å². The molecule has 2 heteroatoms. The number of carbonyl (C=O) groups excluding carboxylic acids is 1. The minimum absolute atomic E-state index is 0.375. The molecule has 0 aromatic heterocycles. The molecule has 0 radical (unpaired) electrons. The Morgan fingerprint density at radius 2 is 1.89 bits per heavy atom. The van der Waals surface area contributed by atoms with Crippen molar-refractivity contribution in [2.24, 2.45) is 0 Å². The van der Waals surface area contributed by atoms with Crippen LogP contribution in [0.4, 0.5) is 0 Å². The van der Waals surface area contributed by atoms with Gasteiger partial charge >= 0.3 is 121 Å². The van der Waals surface area contributed by atoms with Crippen LogP contribution in [0.5, 0.6) is 0 Å². The molecule has 18 heavy (non-hydrogen) atoms. The molecule has 0 saturated heterocycles. The number of allylic oxidation sites excluding steroid dienone is 2. The molecule has 0 spiro atoms. The summed E-state index contributed by atoms with van der Waals surface area (Å²) in [4.78, 5) is 12.1. The Morgan fingerprint density at radius 1 is 1.17 bits per heavy atom. The normalized spacial score (nSPS) is 11.6. The number of ketones is 1. The molecule has 0 amide bonds. The average Bonchev–Trinajstić information content (AvgIpc) is 2.39. The van der Waals surface area contributed by atoms with E-state index in [4.69, 9.17) is 0 Å². The topological polar surface area (TPSA) is 17.1 Å². The third-order valence-corrected chi connectivity index (χ3v) is 5.81. The van der Waals surface area contributed by atoms with Crippen LogP contribution in [0, 0.1) is 0 Å². The second-order valence-corrected chi connectivity index (χ2v) is 7.48. The molecule has 1 aromatic rings. The van der Waals surface area contributed by atoms with Crippen molar-refractivity contribution < 1.29 is 4.79 Å². The summed E-state index contributed by atoms with van der Waals surface area (Å²) in [7, 11) is 0. The van der Waals surface area contributed by atoms with E-state index >= 15 is 0 Å². The summed E-state index contributed by atoms with van der Waals surface area (Å²) < 4.78 is 2.48. The summed E-state index contributed by atoms with van der Waals surface area (Å²) in [5, 5.41) is 0. The van der Waals surface area contributed by atoms with Crippen molar-refractivity contribution >= 4 is 30.3 Å². The van der Waals surface area contributed by atoms with Crippen molar-refractivity contribution in [3.8, 4) is 0 Å². The number of hydrogen-bond acceptors (Lipinski definition) is 1. The van der Waals surface area contributed by atoms with Gasteiger partial charge in [0.15, 0.2) is 0 Å². The van der Waals surface area contributed by atoms with Crippen LogP contribution in [0.3, 0.4) is 0 Å². The maximum atomic E-state index is 12.1. The molecule has 0 bridgehead atoms. The molecule has 0 N–H and O–H groups in total. The predicted molar refractivity (Wildman–Crippen MR) is 79.4 cm³/mol. The second-order valence-electron chi connectivity index (χ2n) is 4.30. The van der Waals surface area contributed by atoms with E-state index in [-0.39, 0.29) is 0 Å². The summed E-state index contributed by atoms with van der Waals surface area (Å²) in [6.45, 7) is 4.26. The van der Waals surface area contributed by atoms with Crippen LogP contribution in [0.15, 0.2) is 40.0 Å². The first kappa shape index (κ1) is 15.5. The third-order valence-electron chi connectivity index (χ3n) is 2.61.